The van der Waals surface area contributed by atoms with E-state index < -0.39 is 23.5 Å². The Balaban J connectivity index is 1.45. The fourth-order valence-corrected chi connectivity index (χ4v) is 5.11. The highest BCUT2D eigenvalue weighted by Gasteiger charge is 2.40. The van der Waals surface area contributed by atoms with Gasteiger partial charge in [0.15, 0.2) is 0 Å². The summed E-state index contributed by atoms with van der Waals surface area (Å²) in [4.78, 5) is 39.1. The van der Waals surface area contributed by atoms with Gasteiger partial charge in [-0.3, -0.25) is 9.59 Å². The molecule has 7 heteroatoms. The minimum Gasteiger partial charge on any atom is -0.481 e. The van der Waals surface area contributed by atoms with E-state index in [1.54, 1.807) is 4.90 Å². The van der Waals surface area contributed by atoms with Crippen molar-refractivity contribution in [3.05, 3.63) is 59.7 Å². The number of carbonyl (C=O) groups excluding carboxylic acids is 2. The number of carbonyl (C=O) groups is 3. The third kappa shape index (κ3) is 4.79. The molecule has 2 amide bonds. The first-order chi connectivity index (χ1) is 16.2. The average Bonchev–Trinajstić information content (AvgIpc) is 3.37. The number of nitrogens with one attached hydrogen (secondary N) is 1. The number of likely N-dealkylation sites (tertiary alicyclic amines) is 1. The molecular formula is C27H32N2O5. The van der Waals surface area contributed by atoms with Crippen LogP contribution in [0, 0.1) is 5.41 Å². The first-order valence-corrected chi connectivity index (χ1v) is 11.8. The Kier molecular flexibility index (Phi) is 6.64. The molecule has 2 unspecified atom stereocenters. The van der Waals surface area contributed by atoms with Crippen molar-refractivity contribution in [2.24, 2.45) is 5.41 Å². The Bertz CT molecular complexity index is 1040. The number of aliphatic carboxylic acids is 1. The van der Waals surface area contributed by atoms with Crippen LogP contribution in [0.25, 0.3) is 11.1 Å². The number of carboxylic acids is 1. The van der Waals surface area contributed by atoms with Crippen LogP contribution in [-0.2, 0) is 14.3 Å². The lowest BCUT2D eigenvalue weighted by atomic mass is 9.85. The van der Waals surface area contributed by atoms with Gasteiger partial charge in [0.2, 0.25) is 5.91 Å². The van der Waals surface area contributed by atoms with Gasteiger partial charge in [0.25, 0.3) is 0 Å². The summed E-state index contributed by atoms with van der Waals surface area (Å²) in [7, 11) is 0. The van der Waals surface area contributed by atoms with Gasteiger partial charge in [-0.05, 0) is 40.5 Å². The molecule has 0 aromatic heterocycles. The number of rotatable bonds is 6. The van der Waals surface area contributed by atoms with Crippen molar-refractivity contribution in [2.45, 2.75) is 58.0 Å². The van der Waals surface area contributed by atoms with Crippen molar-refractivity contribution in [3.8, 4) is 11.1 Å². The summed E-state index contributed by atoms with van der Waals surface area (Å²) >= 11 is 0. The van der Waals surface area contributed by atoms with Crippen molar-refractivity contribution in [1.82, 2.24) is 10.2 Å². The fraction of sp³-hybridized carbons (Fsp3) is 0.444. The maximum Gasteiger partial charge on any atom is 0.407 e. The standard InChI is InChI=1S/C27H32N2O5/c1-27(2,3)24(25(32)29-14-8-9-17(29)15-23(30)31)28-26(33)34-16-22-20-12-6-4-10-18(20)19-11-5-7-13-21(19)22/h4-7,10-13,17,22,24H,8-9,14-16H2,1-3H3,(H,28,33)(H,30,31). The number of amides is 2. The number of fused-ring (bicyclic) bond motifs is 3. The van der Waals surface area contributed by atoms with Crippen LogP contribution in [0.15, 0.2) is 48.5 Å². The molecule has 0 bridgehead atoms. The zero-order valence-corrected chi connectivity index (χ0v) is 19.9. The SMILES string of the molecule is CC(C)(C)C(NC(=O)OCC1c2ccccc2-c2ccccc21)C(=O)N1CCCC1CC(=O)O. The summed E-state index contributed by atoms with van der Waals surface area (Å²) in [5.41, 5.74) is 3.96. The summed E-state index contributed by atoms with van der Waals surface area (Å²) in [5.74, 6) is -1.26. The van der Waals surface area contributed by atoms with E-state index in [1.807, 2.05) is 45.0 Å². The van der Waals surface area contributed by atoms with Gasteiger partial charge in [-0.1, -0.05) is 69.3 Å². The number of hydrogen-bond donors (Lipinski definition) is 2. The maximum atomic E-state index is 13.4. The van der Waals surface area contributed by atoms with Gasteiger partial charge in [0, 0.05) is 18.5 Å². The molecule has 180 valence electrons. The molecule has 2 atom stereocenters. The Morgan fingerprint density at radius 3 is 2.21 bits per heavy atom. The number of nitrogens with zero attached hydrogens (tertiary/aromatic N) is 1. The Labute approximate surface area is 200 Å². The topological polar surface area (TPSA) is 95.9 Å². The van der Waals surface area contributed by atoms with Gasteiger partial charge in [0.1, 0.15) is 12.6 Å². The predicted octanol–water partition coefficient (Wildman–Crippen LogP) is 4.41. The van der Waals surface area contributed by atoms with Crippen LogP contribution in [-0.4, -0.2) is 53.2 Å². The highest BCUT2D eigenvalue weighted by atomic mass is 16.5. The third-order valence-corrected chi connectivity index (χ3v) is 6.79. The first kappa shape index (κ1) is 23.8. The molecule has 2 aliphatic rings. The predicted molar refractivity (Wildman–Crippen MR) is 128 cm³/mol. The van der Waals surface area contributed by atoms with Crippen LogP contribution < -0.4 is 5.32 Å². The maximum absolute atomic E-state index is 13.4. The van der Waals surface area contributed by atoms with E-state index in [4.69, 9.17) is 4.74 Å². The van der Waals surface area contributed by atoms with Crippen molar-refractivity contribution in [1.29, 1.82) is 0 Å². The second-order valence-electron chi connectivity index (χ2n) is 10.2. The normalized spacial score (nSPS) is 18.2. The first-order valence-electron chi connectivity index (χ1n) is 11.8. The molecule has 1 heterocycles. The number of carboxylic acid groups (broad SMARTS) is 1. The minimum atomic E-state index is -0.929. The summed E-state index contributed by atoms with van der Waals surface area (Å²) in [6, 6.07) is 15.1. The van der Waals surface area contributed by atoms with Crippen LogP contribution >= 0.6 is 0 Å². The van der Waals surface area contributed by atoms with Crippen LogP contribution in [0.2, 0.25) is 0 Å². The highest BCUT2D eigenvalue weighted by molar-refractivity contribution is 5.87. The van der Waals surface area contributed by atoms with Gasteiger partial charge in [-0.2, -0.15) is 0 Å². The van der Waals surface area contributed by atoms with Crippen molar-refractivity contribution >= 4 is 18.0 Å². The van der Waals surface area contributed by atoms with Crippen molar-refractivity contribution in [2.75, 3.05) is 13.2 Å². The van der Waals surface area contributed by atoms with Gasteiger partial charge in [-0.25, -0.2) is 4.79 Å². The molecule has 34 heavy (non-hydrogen) atoms. The van der Waals surface area contributed by atoms with Crippen molar-refractivity contribution in [3.63, 3.8) is 0 Å². The lowest BCUT2D eigenvalue weighted by molar-refractivity contribution is -0.141. The van der Waals surface area contributed by atoms with Gasteiger partial charge in [-0.15, -0.1) is 0 Å². The molecule has 0 radical (unpaired) electrons. The van der Waals surface area contributed by atoms with Gasteiger partial charge >= 0.3 is 12.1 Å². The molecule has 2 N–H and O–H groups in total. The summed E-state index contributed by atoms with van der Waals surface area (Å²) in [5, 5.41) is 12.0. The molecule has 0 saturated carbocycles. The van der Waals surface area contributed by atoms with Crippen LogP contribution in [0.1, 0.15) is 57.1 Å². The Hall–Kier alpha value is -3.35. The summed E-state index contributed by atoms with van der Waals surface area (Å²) < 4.78 is 5.65. The molecule has 1 fully saturated rings. The molecule has 0 spiro atoms. The molecule has 1 aliphatic carbocycles. The van der Waals surface area contributed by atoms with E-state index in [0.29, 0.717) is 13.0 Å². The highest BCUT2D eigenvalue weighted by Crippen LogP contribution is 2.44. The molecule has 2 aromatic carbocycles. The second kappa shape index (κ2) is 9.49. The fourth-order valence-electron chi connectivity index (χ4n) is 5.11. The number of hydrogen-bond acceptors (Lipinski definition) is 4. The number of alkyl carbamates (subject to hydrolysis) is 1. The molecule has 4 rings (SSSR count). The van der Waals surface area contributed by atoms with E-state index in [0.717, 1.165) is 28.7 Å². The van der Waals surface area contributed by atoms with Crippen LogP contribution in [0.4, 0.5) is 4.79 Å². The second-order valence-corrected chi connectivity index (χ2v) is 10.2. The molecule has 7 nitrogen and oxygen atoms in total. The van der Waals surface area contributed by atoms with Gasteiger partial charge in [0.05, 0.1) is 6.42 Å². The molecular weight excluding hydrogens is 432 g/mol. The molecule has 1 saturated heterocycles. The average molecular weight is 465 g/mol. The van der Waals surface area contributed by atoms with E-state index in [2.05, 4.69) is 29.6 Å². The zero-order valence-electron chi connectivity index (χ0n) is 19.9. The molecule has 2 aromatic rings. The summed E-state index contributed by atoms with van der Waals surface area (Å²) in [6.45, 7) is 6.29. The van der Waals surface area contributed by atoms with E-state index >= 15 is 0 Å². The van der Waals surface area contributed by atoms with Gasteiger partial charge < -0.3 is 20.1 Å². The third-order valence-electron chi connectivity index (χ3n) is 6.79. The number of benzene rings is 2. The Morgan fingerprint density at radius 2 is 1.65 bits per heavy atom. The molecule has 1 aliphatic heterocycles. The van der Waals surface area contributed by atoms with E-state index in [-0.39, 0.29) is 30.9 Å². The number of ether oxygens (including phenoxy) is 1. The zero-order chi connectivity index (χ0) is 24.5. The quantitative estimate of drug-likeness (QED) is 0.660. The van der Waals surface area contributed by atoms with E-state index in [1.165, 1.54) is 0 Å². The lowest BCUT2D eigenvalue weighted by Gasteiger charge is -2.35. The van der Waals surface area contributed by atoms with E-state index in [9.17, 15) is 19.5 Å². The largest absolute Gasteiger partial charge is 0.481 e. The monoisotopic (exact) mass is 464 g/mol. The smallest absolute Gasteiger partial charge is 0.407 e. The van der Waals surface area contributed by atoms with Crippen LogP contribution in [0.5, 0.6) is 0 Å². The lowest BCUT2D eigenvalue weighted by Crippen LogP contribution is -2.56. The Morgan fingerprint density at radius 1 is 1.06 bits per heavy atom. The van der Waals surface area contributed by atoms with Crippen LogP contribution in [0.3, 0.4) is 0 Å². The van der Waals surface area contributed by atoms with Crippen molar-refractivity contribution < 1.29 is 24.2 Å². The summed E-state index contributed by atoms with van der Waals surface area (Å²) in [6.07, 6.45) is 0.669. The minimum absolute atomic E-state index is 0.0690.